The lowest BCUT2D eigenvalue weighted by Gasteiger charge is -2.14. The molecule has 0 bridgehead atoms. The minimum atomic E-state index is 0. The van der Waals surface area contributed by atoms with Gasteiger partial charge in [-0.2, -0.15) is 0 Å². The van der Waals surface area contributed by atoms with Crippen molar-refractivity contribution in [2.45, 2.75) is 25.8 Å². The lowest BCUT2D eigenvalue weighted by Crippen LogP contribution is -2.13. The van der Waals surface area contributed by atoms with E-state index in [-0.39, 0.29) is 12.4 Å². The summed E-state index contributed by atoms with van der Waals surface area (Å²) in [5.74, 6) is 0. The van der Waals surface area contributed by atoms with Crippen molar-refractivity contribution in [3.8, 4) is 0 Å². The second kappa shape index (κ2) is 5.15. The van der Waals surface area contributed by atoms with Crippen LogP contribution in [0.4, 0.5) is 0 Å². The van der Waals surface area contributed by atoms with E-state index in [1.165, 1.54) is 28.4 Å². The standard InChI is InChI=1S/C11H14BrN.ClH/c1-8-9(4-2-5-10(8)12)11-6-3-7-13-11;/h2,4-5,11,13H,3,6-7H2,1H3;1H. The molecule has 78 valence electrons. The van der Waals surface area contributed by atoms with Crippen LogP contribution in [0.2, 0.25) is 0 Å². The minimum absolute atomic E-state index is 0. The molecule has 1 aromatic rings. The molecule has 0 aliphatic carbocycles. The molecule has 3 heteroatoms. The molecule has 1 nitrogen and oxygen atoms in total. The molecule has 1 heterocycles. The SMILES string of the molecule is Cc1c(Br)cccc1C1CCCN1.Cl. The molecular formula is C11H15BrClN. The van der Waals surface area contributed by atoms with Gasteiger partial charge in [0.2, 0.25) is 0 Å². The van der Waals surface area contributed by atoms with Crippen molar-refractivity contribution in [1.29, 1.82) is 0 Å². The fraction of sp³-hybridized carbons (Fsp3) is 0.455. The molecule has 0 radical (unpaired) electrons. The highest BCUT2D eigenvalue weighted by Gasteiger charge is 2.18. The van der Waals surface area contributed by atoms with Gasteiger partial charge in [-0.05, 0) is 43.5 Å². The normalized spacial score (nSPS) is 20.6. The van der Waals surface area contributed by atoms with Crippen LogP contribution >= 0.6 is 28.3 Å². The predicted molar refractivity (Wildman–Crippen MR) is 66.1 cm³/mol. The first-order valence-electron chi connectivity index (χ1n) is 4.77. The second-order valence-corrected chi connectivity index (χ2v) is 4.46. The van der Waals surface area contributed by atoms with Crippen LogP contribution in [0.25, 0.3) is 0 Å². The van der Waals surface area contributed by atoms with Gasteiger partial charge in [0, 0.05) is 10.5 Å². The molecule has 0 aromatic heterocycles. The molecule has 1 aliphatic rings. The van der Waals surface area contributed by atoms with E-state index < -0.39 is 0 Å². The Morgan fingerprint density at radius 1 is 1.43 bits per heavy atom. The Labute approximate surface area is 99.8 Å². The van der Waals surface area contributed by atoms with Gasteiger partial charge in [0.15, 0.2) is 0 Å². The molecule has 2 rings (SSSR count). The molecule has 0 amide bonds. The van der Waals surface area contributed by atoms with Crippen molar-refractivity contribution < 1.29 is 0 Å². The maximum absolute atomic E-state index is 3.57. The summed E-state index contributed by atoms with van der Waals surface area (Å²) in [4.78, 5) is 0. The number of hydrogen-bond acceptors (Lipinski definition) is 1. The Hall–Kier alpha value is -0.0500. The van der Waals surface area contributed by atoms with E-state index in [4.69, 9.17) is 0 Å². The second-order valence-electron chi connectivity index (χ2n) is 3.60. The lowest BCUT2D eigenvalue weighted by molar-refractivity contribution is 0.643. The zero-order chi connectivity index (χ0) is 9.26. The highest BCUT2D eigenvalue weighted by atomic mass is 79.9. The molecule has 1 aromatic carbocycles. The third-order valence-electron chi connectivity index (χ3n) is 2.75. The molecule has 0 saturated carbocycles. The van der Waals surface area contributed by atoms with Crippen molar-refractivity contribution in [1.82, 2.24) is 5.32 Å². The van der Waals surface area contributed by atoms with E-state index in [1.807, 2.05) is 0 Å². The summed E-state index contributed by atoms with van der Waals surface area (Å²) in [5.41, 5.74) is 2.83. The van der Waals surface area contributed by atoms with Crippen LogP contribution in [-0.2, 0) is 0 Å². The smallest absolute Gasteiger partial charge is 0.0323 e. The molecule has 0 spiro atoms. The summed E-state index contributed by atoms with van der Waals surface area (Å²) >= 11 is 3.57. The van der Waals surface area contributed by atoms with Crippen molar-refractivity contribution >= 4 is 28.3 Å². The number of benzene rings is 1. The summed E-state index contributed by atoms with van der Waals surface area (Å²) in [7, 11) is 0. The summed E-state index contributed by atoms with van der Waals surface area (Å²) in [6, 6.07) is 7.03. The minimum Gasteiger partial charge on any atom is -0.310 e. The molecular weight excluding hydrogens is 261 g/mol. The summed E-state index contributed by atoms with van der Waals surface area (Å²) in [6.45, 7) is 3.34. The number of hydrogen-bond donors (Lipinski definition) is 1. The highest BCUT2D eigenvalue weighted by molar-refractivity contribution is 9.10. The van der Waals surface area contributed by atoms with Gasteiger partial charge in [-0.15, -0.1) is 12.4 Å². The zero-order valence-electron chi connectivity index (χ0n) is 8.22. The van der Waals surface area contributed by atoms with Crippen LogP contribution in [-0.4, -0.2) is 6.54 Å². The van der Waals surface area contributed by atoms with Crippen LogP contribution in [0.3, 0.4) is 0 Å². The average Bonchev–Trinajstić information content (AvgIpc) is 2.62. The number of rotatable bonds is 1. The van der Waals surface area contributed by atoms with Crippen molar-refractivity contribution in [2.75, 3.05) is 6.54 Å². The highest BCUT2D eigenvalue weighted by Crippen LogP contribution is 2.29. The molecule has 1 fully saturated rings. The largest absolute Gasteiger partial charge is 0.310 e. The van der Waals surface area contributed by atoms with Gasteiger partial charge in [-0.25, -0.2) is 0 Å². The lowest BCUT2D eigenvalue weighted by atomic mass is 10.0. The molecule has 1 aliphatic heterocycles. The van der Waals surface area contributed by atoms with E-state index in [9.17, 15) is 0 Å². The molecule has 14 heavy (non-hydrogen) atoms. The van der Waals surface area contributed by atoms with E-state index in [1.54, 1.807) is 0 Å². The Morgan fingerprint density at radius 3 is 2.86 bits per heavy atom. The fourth-order valence-corrected chi connectivity index (χ4v) is 2.33. The van der Waals surface area contributed by atoms with E-state index in [2.05, 4.69) is 46.4 Å². The summed E-state index contributed by atoms with van der Waals surface area (Å²) in [6.07, 6.45) is 2.58. The molecule has 1 N–H and O–H groups in total. The van der Waals surface area contributed by atoms with Gasteiger partial charge in [0.05, 0.1) is 0 Å². The number of nitrogens with one attached hydrogen (secondary N) is 1. The van der Waals surface area contributed by atoms with Crippen LogP contribution < -0.4 is 5.32 Å². The topological polar surface area (TPSA) is 12.0 Å². The number of halogens is 2. The third kappa shape index (κ3) is 2.30. The van der Waals surface area contributed by atoms with Crippen LogP contribution in [0.1, 0.15) is 30.0 Å². The quantitative estimate of drug-likeness (QED) is 0.826. The zero-order valence-corrected chi connectivity index (χ0v) is 10.6. The summed E-state index contributed by atoms with van der Waals surface area (Å²) in [5, 5.41) is 3.52. The van der Waals surface area contributed by atoms with Crippen LogP contribution in [0, 0.1) is 6.92 Å². The molecule has 1 atom stereocenters. The van der Waals surface area contributed by atoms with Gasteiger partial charge in [-0.1, -0.05) is 28.1 Å². The van der Waals surface area contributed by atoms with Crippen molar-refractivity contribution in [3.05, 3.63) is 33.8 Å². The monoisotopic (exact) mass is 275 g/mol. The van der Waals surface area contributed by atoms with Crippen LogP contribution in [0.15, 0.2) is 22.7 Å². The van der Waals surface area contributed by atoms with E-state index in [0.717, 1.165) is 6.54 Å². The van der Waals surface area contributed by atoms with Gasteiger partial charge in [0.25, 0.3) is 0 Å². The van der Waals surface area contributed by atoms with Crippen LogP contribution in [0.5, 0.6) is 0 Å². The first-order chi connectivity index (χ1) is 6.29. The first-order valence-corrected chi connectivity index (χ1v) is 5.57. The Balaban J connectivity index is 0.000000980. The van der Waals surface area contributed by atoms with Gasteiger partial charge in [-0.3, -0.25) is 0 Å². The molecule has 1 unspecified atom stereocenters. The average molecular weight is 277 g/mol. The van der Waals surface area contributed by atoms with E-state index in [0.29, 0.717) is 6.04 Å². The third-order valence-corrected chi connectivity index (χ3v) is 3.60. The maximum atomic E-state index is 3.57. The first kappa shape index (κ1) is 12.0. The Bertz CT molecular complexity index is 308. The summed E-state index contributed by atoms with van der Waals surface area (Å²) < 4.78 is 1.22. The van der Waals surface area contributed by atoms with E-state index >= 15 is 0 Å². The van der Waals surface area contributed by atoms with Gasteiger partial charge >= 0.3 is 0 Å². The molecule has 1 saturated heterocycles. The van der Waals surface area contributed by atoms with Crippen molar-refractivity contribution in [3.63, 3.8) is 0 Å². The van der Waals surface area contributed by atoms with Crippen molar-refractivity contribution in [2.24, 2.45) is 0 Å². The Kier molecular flexibility index (Phi) is 4.42. The van der Waals surface area contributed by atoms with Gasteiger partial charge in [0.1, 0.15) is 0 Å². The fourth-order valence-electron chi connectivity index (χ4n) is 1.95. The Morgan fingerprint density at radius 2 is 2.21 bits per heavy atom. The predicted octanol–water partition coefficient (Wildman–Crippen LogP) is 3.60. The maximum Gasteiger partial charge on any atom is 0.0323 e. The van der Waals surface area contributed by atoms with Gasteiger partial charge < -0.3 is 5.32 Å².